The Morgan fingerprint density at radius 1 is 1.19 bits per heavy atom. The minimum atomic E-state index is -0.288. The van der Waals surface area contributed by atoms with Crippen molar-refractivity contribution < 1.29 is 19.1 Å². The number of anilines is 5. The van der Waals surface area contributed by atoms with Gasteiger partial charge in [-0.2, -0.15) is 4.98 Å². The molecule has 2 aromatic carbocycles. The van der Waals surface area contributed by atoms with Gasteiger partial charge in [0.2, 0.25) is 11.9 Å². The van der Waals surface area contributed by atoms with E-state index in [1.54, 1.807) is 32.4 Å². The second-order valence-corrected chi connectivity index (χ2v) is 8.68. The molecule has 1 aliphatic heterocycles. The standard InChI is InChI=1S/C26H29ClN6O4/c1-5-33(21-12-11-19-16(23(21)37-4)7-6-8-22(34)30-19)26-29-14-18(27)24(32-26)31-20-10-9-15(36-3)13-17(20)25(35)28-2/h9-14H,5-8H2,1-4H3,(H,28,35)(H,30,34)(H,29,31,32). The second kappa shape index (κ2) is 11.3. The van der Waals surface area contributed by atoms with Crippen LogP contribution in [0.2, 0.25) is 5.02 Å². The number of amides is 2. The van der Waals surface area contributed by atoms with Crippen molar-refractivity contribution in [2.75, 3.05) is 43.3 Å². The van der Waals surface area contributed by atoms with Gasteiger partial charge in [0.05, 0.1) is 37.4 Å². The number of fused-ring (bicyclic) bond motifs is 1. The molecule has 4 rings (SSSR count). The van der Waals surface area contributed by atoms with Gasteiger partial charge in [0.15, 0.2) is 5.82 Å². The zero-order valence-electron chi connectivity index (χ0n) is 21.1. The molecular weight excluding hydrogens is 496 g/mol. The molecule has 3 N–H and O–H groups in total. The summed E-state index contributed by atoms with van der Waals surface area (Å²) in [7, 11) is 4.70. The van der Waals surface area contributed by atoms with E-state index in [1.165, 1.54) is 13.3 Å². The average Bonchev–Trinajstić information content (AvgIpc) is 3.11. The summed E-state index contributed by atoms with van der Waals surface area (Å²) in [6.45, 7) is 2.51. The van der Waals surface area contributed by atoms with E-state index in [9.17, 15) is 9.59 Å². The fourth-order valence-electron chi connectivity index (χ4n) is 4.26. The first-order valence-corrected chi connectivity index (χ1v) is 12.2. The lowest BCUT2D eigenvalue weighted by Gasteiger charge is -2.26. The van der Waals surface area contributed by atoms with E-state index >= 15 is 0 Å². The van der Waals surface area contributed by atoms with Crippen molar-refractivity contribution in [1.29, 1.82) is 0 Å². The lowest BCUT2D eigenvalue weighted by molar-refractivity contribution is -0.116. The number of nitrogens with zero attached hydrogens (tertiary/aromatic N) is 3. The summed E-state index contributed by atoms with van der Waals surface area (Å²) in [5.74, 6) is 1.63. The number of hydrogen-bond acceptors (Lipinski definition) is 8. The summed E-state index contributed by atoms with van der Waals surface area (Å²) in [6.07, 6.45) is 3.40. The third-order valence-corrected chi connectivity index (χ3v) is 6.36. The molecule has 0 fully saturated rings. The van der Waals surface area contributed by atoms with E-state index in [4.69, 9.17) is 21.1 Å². The van der Waals surface area contributed by atoms with Gasteiger partial charge in [-0.1, -0.05) is 11.6 Å². The van der Waals surface area contributed by atoms with Crippen molar-refractivity contribution in [3.05, 3.63) is 52.7 Å². The molecule has 1 aliphatic rings. The number of hydrogen-bond donors (Lipinski definition) is 3. The summed E-state index contributed by atoms with van der Waals surface area (Å²) in [4.78, 5) is 35.6. The number of halogens is 1. The van der Waals surface area contributed by atoms with Crippen LogP contribution >= 0.6 is 11.6 Å². The van der Waals surface area contributed by atoms with Crippen LogP contribution in [0.15, 0.2) is 36.5 Å². The highest BCUT2D eigenvalue weighted by Gasteiger charge is 2.24. The predicted molar refractivity (Wildman–Crippen MR) is 144 cm³/mol. The highest BCUT2D eigenvalue weighted by atomic mass is 35.5. The van der Waals surface area contributed by atoms with Crippen molar-refractivity contribution in [3.8, 4) is 11.5 Å². The first-order valence-electron chi connectivity index (χ1n) is 11.9. The molecule has 0 radical (unpaired) electrons. The predicted octanol–water partition coefficient (Wildman–Crippen LogP) is 4.68. The van der Waals surface area contributed by atoms with Crippen LogP contribution in [0.1, 0.15) is 35.7 Å². The Labute approximate surface area is 220 Å². The van der Waals surface area contributed by atoms with Gasteiger partial charge in [0.1, 0.15) is 16.5 Å². The van der Waals surface area contributed by atoms with Crippen LogP contribution < -0.4 is 30.3 Å². The third-order valence-electron chi connectivity index (χ3n) is 6.08. The van der Waals surface area contributed by atoms with Crippen LogP contribution in [-0.2, 0) is 11.2 Å². The summed E-state index contributed by atoms with van der Waals surface area (Å²) in [5.41, 5.74) is 3.33. The Morgan fingerprint density at radius 2 is 2.00 bits per heavy atom. The highest BCUT2D eigenvalue weighted by Crippen LogP contribution is 2.41. The quantitative estimate of drug-likeness (QED) is 0.388. The van der Waals surface area contributed by atoms with E-state index in [0.717, 1.165) is 23.4 Å². The Hall–Kier alpha value is -4.05. The van der Waals surface area contributed by atoms with Gasteiger partial charge < -0.3 is 30.3 Å². The molecule has 3 aromatic rings. The second-order valence-electron chi connectivity index (χ2n) is 8.27. The molecule has 37 heavy (non-hydrogen) atoms. The van der Waals surface area contributed by atoms with Crippen LogP contribution in [0.4, 0.5) is 28.8 Å². The van der Waals surface area contributed by atoms with E-state index in [1.807, 2.05) is 24.0 Å². The number of benzene rings is 2. The number of aromatic nitrogens is 2. The molecule has 2 heterocycles. The van der Waals surface area contributed by atoms with Crippen LogP contribution in [0.3, 0.4) is 0 Å². The van der Waals surface area contributed by atoms with Crippen molar-refractivity contribution in [2.24, 2.45) is 0 Å². The smallest absolute Gasteiger partial charge is 0.253 e. The van der Waals surface area contributed by atoms with Gasteiger partial charge in [-0.05, 0) is 50.1 Å². The number of ether oxygens (including phenoxy) is 2. The van der Waals surface area contributed by atoms with Crippen LogP contribution in [0.5, 0.6) is 11.5 Å². The van der Waals surface area contributed by atoms with Gasteiger partial charge in [-0.3, -0.25) is 9.59 Å². The molecule has 0 aliphatic carbocycles. The average molecular weight is 525 g/mol. The Kier molecular flexibility index (Phi) is 7.98. The van der Waals surface area contributed by atoms with Crippen LogP contribution in [-0.4, -0.2) is 49.6 Å². The van der Waals surface area contributed by atoms with Gasteiger partial charge in [0.25, 0.3) is 5.91 Å². The summed E-state index contributed by atoms with van der Waals surface area (Å²) >= 11 is 6.45. The highest BCUT2D eigenvalue weighted by molar-refractivity contribution is 6.33. The fraction of sp³-hybridized carbons (Fsp3) is 0.308. The normalized spacial score (nSPS) is 12.6. The van der Waals surface area contributed by atoms with Crippen molar-refractivity contribution in [2.45, 2.75) is 26.2 Å². The maximum absolute atomic E-state index is 12.5. The molecule has 0 atom stereocenters. The van der Waals surface area contributed by atoms with Crippen LogP contribution in [0, 0.1) is 0 Å². The van der Waals surface area contributed by atoms with E-state index < -0.39 is 0 Å². The molecule has 10 nitrogen and oxygen atoms in total. The number of nitrogens with one attached hydrogen (secondary N) is 3. The molecule has 11 heteroatoms. The Bertz CT molecular complexity index is 1330. The minimum absolute atomic E-state index is 0.00712. The lowest BCUT2D eigenvalue weighted by atomic mass is 10.0. The Morgan fingerprint density at radius 3 is 2.70 bits per heavy atom. The summed E-state index contributed by atoms with van der Waals surface area (Å²) < 4.78 is 11.1. The molecule has 194 valence electrons. The minimum Gasteiger partial charge on any atom is -0.497 e. The number of carbonyl (C=O) groups excluding carboxylic acids is 2. The molecule has 0 spiro atoms. The van der Waals surface area contributed by atoms with Gasteiger partial charge in [-0.25, -0.2) is 4.98 Å². The van der Waals surface area contributed by atoms with E-state index in [0.29, 0.717) is 53.9 Å². The van der Waals surface area contributed by atoms with Crippen molar-refractivity contribution in [1.82, 2.24) is 15.3 Å². The van der Waals surface area contributed by atoms with E-state index in [2.05, 4.69) is 25.9 Å². The molecule has 2 amide bonds. The summed E-state index contributed by atoms with van der Waals surface area (Å²) in [5, 5.41) is 9.04. The van der Waals surface area contributed by atoms with Gasteiger partial charge >= 0.3 is 0 Å². The fourth-order valence-corrected chi connectivity index (χ4v) is 4.40. The topological polar surface area (TPSA) is 118 Å². The zero-order chi connectivity index (χ0) is 26.5. The maximum atomic E-state index is 12.5. The first kappa shape index (κ1) is 26.0. The first-order chi connectivity index (χ1) is 17.9. The molecular formula is C26H29ClN6O4. The molecule has 0 saturated heterocycles. The molecule has 0 unspecified atom stereocenters. The van der Waals surface area contributed by atoms with Crippen molar-refractivity contribution >= 4 is 52.2 Å². The van der Waals surface area contributed by atoms with Crippen molar-refractivity contribution in [3.63, 3.8) is 0 Å². The maximum Gasteiger partial charge on any atom is 0.253 e. The van der Waals surface area contributed by atoms with Gasteiger partial charge in [0, 0.05) is 31.3 Å². The number of carbonyl (C=O) groups is 2. The zero-order valence-corrected chi connectivity index (χ0v) is 21.9. The monoisotopic (exact) mass is 524 g/mol. The SMILES string of the molecule is CCN(c1ncc(Cl)c(Nc2ccc(OC)cc2C(=O)NC)n1)c1ccc2c(c1OC)CCCC(=O)N2. The van der Waals surface area contributed by atoms with Gasteiger partial charge in [-0.15, -0.1) is 0 Å². The molecule has 0 saturated carbocycles. The largest absolute Gasteiger partial charge is 0.497 e. The molecule has 1 aromatic heterocycles. The summed E-state index contributed by atoms with van der Waals surface area (Å²) in [6, 6.07) is 8.85. The number of rotatable bonds is 8. The Balaban J connectivity index is 1.74. The van der Waals surface area contributed by atoms with Crippen LogP contribution in [0.25, 0.3) is 0 Å². The third kappa shape index (κ3) is 5.39. The number of methoxy groups -OCH3 is 2. The lowest BCUT2D eigenvalue weighted by Crippen LogP contribution is -2.21. The van der Waals surface area contributed by atoms with E-state index in [-0.39, 0.29) is 16.8 Å². The molecule has 0 bridgehead atoms.